The third-order valence-electron chi connectivity index (χ3n) is 2.53. The van der Waals surface area contributed by atoms with E-state index in [2.05, 4.69) is 4.98 Å². The second-order valence-corrected chi connectivity index (χ2v) is 4.19. The highest BCUT2D eigenvalue weighted by molar-refractivity contribution is 7.80. The number of aromatic hydroxyl groups is 1. The molecular weight excluding hydrogens is 246 g/mol. The van der Waals surface area contributed by atoms with Crippen LogP contribution in [-0.2, 0) is 6.54 Å². The van der Waals surface area contributed by atoms with Gasteiger partial charge in [0.2, 0.25) is 0 Å². The number of rotatable bonds is 3. The number of hydrogen-bond donors (Lipinski definition) is 2. The summed E-state index contributed by atoms with van der Waals surface area (Å²) < 4.78 is 0. The molecule has 0 atom stereocenters. The molecule has 0 aliphatic heterocycles. The summed E-state index contributed by atoms with van der Waals surface area (Å²) in [5, 5.41) is 10.1. The normalized spacial score (nSPS) is 10.0. The molecule has 2 rings (SSSR count). The molecule has 2 aromatic rings. The van der Waals surface area contributed by atoms with E-state index in [0.29, 0.717) is 12.2 Å². The zero-order chi connectivity index (χ0) is 13.0. The summed E-state index contributed by atoms with van der Waals surface area (Å²) in [6.45, 7) is 0.495. The van der Waals surface area contributed by atoms with Crippen LogP contribution in [0.1, 0.15) is 5.56 Å². The maximum Gasteiger partial charge on any atom is 0.171 e. The molecule has 4 nitrogen and oxygen atoms in total. The minimum Gasteiger partial charge on any atom is -0.506 e. The van der Waals surface area contributed by atoms with Crippen molar-refractivity contribution in [3.05, 3.63) is 54.4 Å². The van der Waals surface area contributed by atoms with Crippen LogP contribution >= 0.6 is 12.2 Å². The third kappa shape index (κ3) is 2.75. The van der Waals surface area contributed by atoms with E-state index < -0.39 is 0 Å². The average Bonchev–Trinajstić information content (AvgIpc) is 2.38. The first-order chi connectivity index (χ1) is 8.68. The van der Waals surface area contributed by atoms with E-state index in [1.807, 2.05) is 18.2 Å². The molecule has 1 aromatic carbocycles. The minimum atomic E-state index is 0.152. The number of phenolic OH excluding ortho intramolecular Hbond substituents is 1. The first-order valence-electron chi connectivity index (χ1n) is 5.42. The Bertz CT molecular complexity index is 545. The Morgan fingerprint density at radius 1 is 1.22 bits per heavy atom. The van der Waals surface area contributed by atoms with Crippen molar-refractivity contribution in [3.8, 4) is 5.75 Å². The maximum absolute atomic E-state index is 9.84. The second-order valence-electron chi connectivity index (χ2n) is 3.77. The van der Waals surface area contributed by atoms with Crippen molar-refractivity contribution in [3.63, 3.8) is 0 Å². The maximum atomic E-state index is 9.84. The fraction of sp³-hybridized carbons (Fsp3) is 0.0769. The Morgan fingerprint density at radius 3 is 2.50 bits per heavy atom. The fourth-order valence-corrected chi connectivity index (χ4v) is 1.81. The number of anilines is 1. The van der Waals surface area contributed by atoms with E-state index in [0.717, 1.165) is 5.56 Å². The van der Waals surface area contributed by atoms with Crippen LogP contribution < -0.4 is 10.6 Å². The van der Waals surface area contributed by atoms with E-state index in [-0.39, 0.29) is 10.9 Å². The molecule has 18 heavy (non-hydrogen) atoms. The third-order valence-corrected chi connectivity index (χ3v) is 2.75. The van der Waals surface area contributed by atoms with Gasteiger partial charge in [0, 0.05) is 12.4 Å². The van der Waals surface area contributed by atoms with E-state index in [4.69, 9.17) is 18.0 Å². The van der Waals surface area contributed by atoms with E-state index in [1.165, 1.54) is 0 Å². The summed E-state index contributed by atoms with van der Waals surface area (Å²) in [5.41, 5.74) is 7.33. The van der Waals surface area contributed by atoms with Gasteiger partial charge in [-0.05, 0) is 42.0 Å². The molecule has 0 bridgehead atoms. The second kappa shape index (κ2) is 5.46. The molecule has 5 heteroatoms. The highest BCUT2D eigenvalue weighted by Gasteiger charge is 2.13. The number of nitrogens with two attached hydrogens (primary N) is 1. The number of para-hydroxylation sites is 2. The molecule has 1 aromatic heterocycles. The lowest BCUT2D eigenvalue weighted by Crippen LogP contribution is -2.34. The van der Waals surface area contributed by atoms with Gasteiger partial charge in [0.15, 0.2) is 5.11 Å². The molecule has 1 heterocycles. The SMILES string of the molecule is NC(=S)N(Cc1ccncc1)c1ccccc1O. The summed E-state index contributed by atoms with van der Waals surface area (Å²) in [7, 11) is 0. The van der Waals surface area contributed by atoms with Crippen molar-refractivity contribution in [1.29, 1.82) is 0 Å². The predicted molar refractivity (Wildman–Crippen MR) is 75.3 cm³/mol. The van der Waals surface area contributed by atoms with Gasteiger partial charge < -0.3 is 15.7 Å². The van der Waals surface area contributed by atoms with Gasteiger partial charge in [-0.3, -0.25) is 4.98 Å². The van der Waals surface area contributed by atoms with Crippen LogP contribution in [0.25, 0.3) is 0 Å². The van der Waals surface area contributed by atoms with Crippen LogP contribution in [0.5, 0.6) is 5.75 Å². The molecule has 0 radical (unpaired) electrons. The first-order valence-corrected chi connectivity index (χ1v) is 5.83. The molecule has 0 unspecified atom stereocenters. The molecule has 3 N–H and O–H groups in total. The van der Waals surface area contributed by atoms with Crippen molar-refractivity contribution in [1.82, 2.24) is 4.98 Å². The topological polar surface area (TPSA) is 62.4 Å². The average molecular weight is 259 g/mol. The van der Waals surface area contributed by atoms with E-state index >= 15 is 0 Å². The van der Waals surface area contributed by atoms with E-state index in [1.54, 1.807) is 35.5 Å². The van der Waals surface area contributed by atoms with Gasteiger partial charge >= 0.3 is 0 Å². The molecule has 92 valence electrons. The Hall–Kier alpha value is -2.14. The van der Waals surface area contributed by atoms with Crippen LogP contribution in [0.3, 0.4) is 0 Å². The monoisotopic (exact) mass is 259 g/mol. The van der Waals surface area contributed by atoms with Gasteiger partial charge in [0.05, 0.1) is 12.2 Å². The van der Waals surface area contributed by atoms with Gasteiger partial charge in [0.25, 0.3) is 0 Å². The Labute approximate surface area is 111 Å². The molecular formula is C13H13N3OS. The van der Waals surface area contributed by atoms with Gasteiger partial charge in [-0.15, -0.1) is 0 Å². The first kappa shape index (κ1) is 12.3. The van der Waals surface area contributed by atoms with Gasteiger partial charge in [-0.25, -0.2) is 0 Å². The summed E-state index contributed by atoms with van der Waals surface area (Å²) in [5.74, 6) is 0.152. The summed E-state index contributed by atoms with van der Waals surface area (Å²) in [4.78, 5) is 5.64. The number of thiocarbonyl (C=S) groups is 1. The van der Waals surface area contributed by atoms with Gasteiger partial charge in [-0.1, -0.05) is 12.1 Å². The van der Waals surface area contributed by atoms with Crippen molar-refractivity contribution in [2.75, 3.05) is 4.90 Å². The van der Waals surface area contributed by atoms with Gasteiger partial charge in [0.1, 0.15) is 5.75 Å². The molecule has 0 fully saturated rings. The largest absolute Gasteiger partial charge is 0.506 e. The number of hydrogen-bond acceptors (Lipinski definition) is 3. The number of benzene rings is 1. The van der Waals surface area contributed by atoms with Crippen LogP contribution in [0.2, 0.25) is 0 Å². The summed E-state index contributed by atoms with van der Waals surface area (Å²) in [6, 6.07) is 10.7. The molecule has 0 aliphatic rings. The highest BCUT2D eigenvalue weighted by Crippen LogP contribution is 2.27. The van der Waals surface area contributed by atoms with Crippen LogP contribution in [0, 0.1) is 0 Å². The highest BCUT2D eigenvalue weighted by atomic mass is 32.1. The quantitative estimate of drug-likeness (QED) is 0.826. The lowest BCUT2D eigenvalue weighted by Gasteiger charge is -2.23. The smallest absolute Gasteiger partial charge is 0.171 e. The van der Waals surface area contributed by atoms with E-state index in [9.17, 15) is 5.11 Å². The number of pyridine rings is 1. The van der Waals surface area contributed by atoms with Crippen molar-refractivity contribution in [2.45, 2.75) is 6.54 Å². The zero-order valence-electron chi connectivity index (χ0n) is 9.65. The van der Waals surface area contributed by atoms with Crippen LogP contribution in [0.4, 0.5) is 5.69 Å². The molecule has 0 amide bonds. The number of nitrogens with zero attached hydrogens (tertiary/aromatic N) is 2. The zero-order valence-corrected chi connectivity index (χ0v) is 10.5. The van der Waals surface area contributed by atoms with Crippen molar-refractivity contribution >= 4 is 23.0 Å². The standard InChI is InChI=1S/C13H13N3OS/c14-13(18)16(9-10-5-7-15-8-6-10)11-3-1-2-4-12(11)17/h1-8,17H,9H2,(H2,14,18). The summed E-state index contributed by atoms with van der Waals surface area (Å²) >= 11 is 5.03. The Balaban J connectivity index is 2.30. The molecule has 0 spiro atoms. The lowest BCUT2D eigenvalue weighted by molar-refractivity contribution is 0.475. The Kier molecular flexibility index (Phi) is 3.74. The predicted octanol–water partition coefficient (Wildman–Crippen LogP) is 2.04. The minimum absolute atomic E-state index is 0.152. The lowest BCUT2D eigenvalue weighted by atomic mass is 10.2. The fourth-order valence-electron chi connectivity index (χ4n) is 1.64. The number of aromatic nitrogens is 1. The van der Waals surface area contributed by atoms with Crippen LogP contribution in [0.15, 0.2) is 48.8 Å². The molecule has 0 saturated carbocycles. The molecule has 0 aliphatic carbocycles. The van der Waals surface area contributed by atoms with Gasteiger partial charge in [-0.2, -0.15) is 0 Å². The van der Waals surface area contributed by atoms with Crippen LogP contribution in [-0.4, -0.2) is 15.2 Å². The summed E-state index contributed by atoms with van der Waals surface area (Å²) in [6.07, 6.45) is 3.41. The number of phenols is 1. The molecule has 0 saturated heterocycles. The Morgan fingerprint density at radius 2 is 1.89 bits per heavy atom. The van der Waals surface area contributed by atoms with Crippen molar-refractivity contribution < 1.29 is 5.11 Å². The van der Waals surface area contributed by atoms with Crippen molar-refractivity contribution in [2.24, 2.45) is 5.73 Å².